The molecule has 2 N–H and O–H groups in total. The fourth-order valence-corrected chi connectivity index (χ4v) is 2.36. The Morgan fingerprint density at radius 1 is 0.850 bits per heavy atom. The molecule has 0 spiro atoms. The number of nitrogens with two attached hydrogens (primary N) is 1. The van der Waals surface area contributed by atoms with Gasteiger partial charge in [-0.05, 0) is 32.1 Å². The van der Waals surface area contributed by atoms with Gasteiger partial charge in [-0.3, -0.25) is 4.79 Å². The van der Waals surface area contributed by atoms with Crippen LogP contribution in [0.3, 0.4) is 0 Å². The number of hydrogen-bond donors (Lipinski definition) is 1. The van der Waals surface area contributed by atoms with Gasteiger partial charge in [-0.15, -0.1) is 0 Å². The van der Waals surface area contributed by atoms with E-state index in [1.54, 1.807) is 0 Å². The Kier molecular flexibility index (Phi) is 14.0. The maximum absolute atomic E-state index is 10.8. The molecule has 0 saturated carbocycles. The maximum Gasteiger partial charge on any atom is 0.217 e. The summed E-state index contributed by atoms with van der Waals surface area (Å²) in [6.07, 6.45) is 21.6. The Morgan fingerprint density at radius 3 is 1.90 bits per heavy atom. The molecule has 2 nitrogen and oxygen atoms in total. The fourth-order valence-electron chi connectivity index (χ4n) is 2.36. The first kappa shape index (κ1) is 17.3. The predicted molar refractivity (Wildman–Crippen MR) is 88.6 cm³/mol. The topological polar surface area (TPSA) is 43.1 Å². The zero-order chi connectivity index (χ0) is 15.6. The second-order valence-corrected chi connectivity index (χ2v) is 5.76. The van der Waals surface area contributed by atoms with Gasteiger partial charge in [-0.2, -0.15) is 0 Å². The van der Waals surface area contributed by atoms with E-state index in [2.05, 4.69) is 19.1 Å². The molecule has 20 heavy (non-hydrogen) atoms. The maximum atomic E-state index is 10.8. The van der Waals surface area contributed by atoms with Crippen molar-refractivity contribution in [3.8, 4) is 0 Å². The zero-order valence-electron chi connectivity index (χ0n) is 14.5. The third-order valence-corrected chi connectivity index (χ3v) is 3.67. The molecule has 0 aliphatic heterocycles. The standard InChI is InChI=1S/C18H35NO/c1-2-3-4-5-6-7-8-9-10-11-12-13-14-15-16-17-18(19)20/h9-10H,2-8,11-17H2,1H3,(H2,19,20)/b10-9-/i/hD. The van der Waals surface area contributed by atoms with Gasteiger partial charge in [-0.25, -0.2) is 0 Å². The lowest BCUT2D eigenvalue weighted by Gasteiger charge is -1.99. The number of hydrogen-bond acceptors (Lipinski definition) is 1. The van der Waals surface area contributed by atoms with E-state index in [0.717, 1.165) is 12.8 Å². The second kappa shape index (κ2) is 16.3. The number of primary amides is 1. The van der Waals surface area contributed by atoms with Crippen molar-refractivity contribution in [2.24, 2.45) is 5.73 Å². The van der Waals surface area contributed by atoms with Gasteiger partial charge in [0, 0.05) is 6.42 Å². The summed E-state index contributed by atoms with van der Waals surface area (Å²) in [7, 11) is 0. The van der Waals surface area contributed by atoms with Crippen molar-refractivity contribution in [1.29, 1.82) is 0 Å². The molecule has 0 aromatic heterocycles. The number of rotatable bonds is 15. The van der Waals surface area contributed by atoms with E-state index in [1.165, 1.54) is 70.6 Å². The monoisotopic (exact) mass is 282 g/mol. The van der Waals surface area contributed by atoms with Crippen LogP contribution in [0.1, 0.15) is 96.8 Å². The van der Waals surface area contributed by atoms with Crippen LogP contribution in [0.15, 0.2) is 12.2 Å². The summed E-state index contributed by atoms with van der Waals surface area (Å²) in [4.78, 5) is 10.8. The van der Waals surface area contributed by atoms with E-state index >= 15 is 0 Å². The van der Waals surface area contributed by atoms with Crippen LogP contribution in [-0.2, 0) is 4.79 Å². The van der Waals surface area contributed by atoms with Gasteiger partial charge in [0.25, 0.3) is 0 Å². The molecular formula is C18H35NO. The summed E-state index contributed by atoms with van der Waals surface area (Å²) in [5.41, 5.74) is 1.92. The summed E-state index contributed by atoms with van der Waals surface area (Å²) in [5.74, 6) is -0.160. The van der Waals surface area contributed by atoms with Crippen molar-refractivity contribution in [3.05, 3.63) is 12.2 Å². The lowest BCUT2D eigenvalue weighted by atomic mass is 10.1. The highest BCUT2D eigenvalue weighted by Crippen LogP contribution is 2.09. The van der Waals surface area contributed by atoms with E-state index in [0.29, 0.717) is 6.42 Å². The number of amides is 1. The molecular weight excluding hydrogens is 246 g/mol. The quantitative estimate of drug-likeness (QED) is 0.312. The zero-order valence-corrected chi connectivity index (χ0v) is 13.5. The van der Waals surface area contributed by atoms with E-state index in [-0.39, 0.29) is 5.91 Å². The molecule has 0 bridgehead atoms. The highest BCUT2D eigenvalue weighted by molar-refractivity contribution is 5.73. The highest BCUT2D eigenvalue weighted by Gasteiger charge is 1.94. The Bertz CT molecular complexity index is 254. The Morgan fingerprint density at radius 2 is 1.35 bits per heavy atom. The molecule has 118 valence electrons. The van der Waals surface area contributed by atoms with Crippen LogP contribution in [0, 0.1) is 0 Å². The lowest BCUT2D eigenvalue weighted by Crippen LogP contribution is -2.09. The molecule has 0 aliphatic carbocycles. The Labute approximate surface area is 127 Å². The third kappa shape index (κ3) is 17.2. The summed E-state index contributed by atoms with van der Waals surface area (Å²) < 4.78 is 6.68. The van der Waals surface area contributed by atoms with Crippen LogP contribution in [0.25, 0.3) is 0 Å². The van der Waals surface area contributed by atoms with Crippen molar-refractivity contribution in [2.45, 2.75) is 96.8 Å². The summed E-state index contributed by atoms with van der Waals surface area (Å²) in [6, 6.07) is 0. The SMILES string of the molecule is [2H]NC(=O)CCCCCCC/C=C\CCCCCCCC. The van der Waals surface area contributed by atoms with Gasteiger partial charge >= 0.3 is 0 Å². The normalized spacial score (nSPS) is 11.8. The Hall–Kier alpha value is -0.790. The van der Waals surface area contributed by atoms with Crippen LogP contribution in [-0.4, -0.2) is 5.91 Å². The lowest BCUT2D eigenvalue weighted by molar-refractivity contribution is -0.118. The van der Waals surface area contributed by atoms with Crippen molar-refractivity contribution < 1.29 is 6.21 Å². The molecule has 0 atom stereocenters. The first-order valence-corrected chi connectivity index (χ1v) is 8.66. The van der Waals surface area contributed by atoms with Crippen molar-refractivity contribution in [2.75, 3.05) is 0 Å². The molecule has 2 heteroatoms. The van der Waals surface area contributed by atoms with Gasteiger partial charge in [-0.1, -0.05) is 70.4 Å². The van der Waals surface area contributed by atoms with Crippen LogP contribution in [0.5, 0.6) is 0 Å². The van der Waals surface area contributed by atoms with Crippen molar-refractivity contribution >= 4 is 5.91 Å². The minimum atomic E-state index is -0.160. The van der Waals surface area contributed by atoms with E-state index < -0.39 is 0 Å². The molecule has 0 aromatic carbocycles. The predicted octanol–water partition coefficient (Wildman–Crippen LogP) is 5.51. The van der Waals surface area contributed by atoms with Gasteiger partial charge in [0.05, 0.1) is 0 Å². The molecule has 1 amide bonds. The average Bonchev–Trinajstić information content (AvgIpc) is 2.50. The molecule has 0 rings (SSSR count). The van der Waals surface area contributed by atoms with Gasteiger partial charge in [0.1, 0.15) is 0 Å². The Balaban J connectivity index is 3.10. The molecule has 0 aromatic rings. The van der Waals surface area contributed by atoms with Gasteiger partial charge in [0.15, 0.2) is 1.41 Å². The van der Waals surface area contributed by atoms with Crippen LogP contribution < -0.4 is 5.73 Å². The third-order valence-electron chi connectivity index (χ3n) is 3.67. The minimum absolute atomic E-state index is 0.160. The number of carbonyl (C=O) groups is 1. The van der Waals surface area contributed by atoms with Crippen LogP contribution >= 0.6 is 0 Å². The summed E-state index contributed by atoms with van der Waals surface area (Å²) in [5, 5.41) is 0. The summed E-state index contributed by atoms with van der Waals surface area (Å²) >= 11 is 0. The molecule has 0 unspecified atom stereocenters. The number of unbranched alkanes of at least 4 members (excludes halogenated alkanes) is 11. The number of carbonyl (C=O) groups excluding carboxylic acids is 1. The summed E-state index contributed by atoms with van der Waals surface area (Å²) in [6.45, 7) is 2.26. The first-order chi connectivity index (χ1) is 10.3. The molecule has 0 radical (unpaired) electrons. The minimum Gasteiger partial charge on any atom is -0.370 e. The highest BCUT2D eigenvalue weighted by atomic mass is 16.1. The fraction of sp³-hybridized carbons (Fsp3) is 0.833. The first-order valence-electron chi connectivity index (χ1n) is 9.16. The molecule has 0 saturated heterocycles. The van der Waals surface area contributed by atoms with Crippen molar-refractivity contribution in [1.82, 2.24) is 0 Å². The van der Waals surface area contributed by atoms with E-state index in [9.17, 15) is 4.79 Å². The van der Waals surface area contributed by atoms with E-state index in [4.69, 9.17) is 1.41 Å². The molecule has 0 heterocycles. The van der Waals surface area contributed by atoms with Crippen molar-refractivity contribution in [3.63, 3.8) is 0 Å². The van der Waals surface area contributed by atoms with E-state index in [1.807, 2.05) is 5.73 Å². The average molecular weight is 282 g/mol. The smallest absolute Gasteiger partial charge is 0.217 e. The van der Waals surface area contributed by atoms with Gasteiger partial charge in [0.2, 0.25) is 5.91 Å². The number of allylic oxidation sites excluding steroid dienone is 2. The van der Waals surface area contributed by atoms with Gasteiger partial charge < -0.3 is 5.73 Å². The molecule has 0 fully saturated rings. The largest absolute Gasteiger partial charge is 0.370 e. The van der Waals surface area contributed by atoms with Crippen LogP contribution in [0.2, 0.25) is 1.41 Å². The van der Waals surface area contributed by atoms with Crippen LogP contribution in [0.4, 0.5) is 0 Å². The second-order valence-electron chi connectivity index (χ2n) is 5.76. The molecule has 0 aliphatic rings.